The van der Waals surface area contributed by atoms with Crippen molar-refractivity contribution < 1.29 is 4.74 Å². The van der Waals surface area contributed by atoms with E-state index < -0.39 is 0 Å². The van der Waals surface area contributed by atoms with Crippen LogP contribution in [0.4, 0.5) is 0 Å². The molecule has 1 aliphatic carbocycles. The fourth-order valence-electron chi connectivity index (χ4n) is 1.75. The molecule has 0 bridgehead atoms. The van der Waals surface area contributed by atoms with Crippen LogP contribution in [-0.4, -0.2) is 23.6 Å². The average Bonchev–Trinajstić information content (AvgIpc) is 2.39. The standard InChI is InChI=1S/C15H22N4O.HI/c1-11(2)9-18-15(16)19-10-12-6-7-17-14(8-12)20-13-4-3-5-13;/h6-8,13H,1,3-5,9-10H2,2H3,(H3,16,18,19);1H. The van der Waals surface area contributed by atoms with Gasteiger partial charge in [0, 0.05) is 18.8 Å². The molecule has 1 aliphatic rings. The minimum Gasteiger partial charge on any atom is -0.474 e. The fraction of sp³-hybridized carbons (Fsp3) is 0.467. The van der Waals surface area contributed by atoms with Gasteiger partial charge >= 0.3 is 0 Å². The smallest absolute Gasteiger partial charge is 0.213 e. The maximum atomic E-state index is 5.77. The Labute approximate surface area is 143 Å². The van der Waals surface area contributed by atoms with E-state index in [0.29, 0.717) is 31.0 Å². The first-order valence-corrected chi connectivity index (χ1v) is 6.93. The SMILES string of the molecule is C=C(C)CNC(N)=NCc1ccnc(OC2CCC2)c1.I. The van der Waals surface area contributed by atoms with E-state index in [9.17, 15) is 0 Å². The van der Waals surface area contributed by atoms with Crippen molar-refractivity contribution in [1.29, 1.82) is 0 Å². The molecule has 0 radical (unpaired) electrons. The molecule has 1 saturated carbocycles. The highest BCUT2D eigenvalue weighted by Gasteiger charge is 2.19. The zero-order valence-electron chi connectivity index (χ0n) is 12.3. The number of aliphatic imine (C=N–C) groups is 1. The van der Waals surface area contributed by atoms with Crippen molar-refractivity contribution in [2.75, 3.05) is 6.54 Å². The van der Waals surface area contributed by atoms with Gasteiger partial charge in [0.05, 0.1) is 6.54 Å². The van der Waals surface area contributed by atoms with Gasteiger partial charge in [-0.25, -0.2) is 9.98 Å². The van der Waals surface area contributed by atoms with Crippen molar-refractivity contribution in [2.24, 2.45) is 10.7 Å². The van der Waals surface area contributed by atoms with Gasteiger partial charge in [0.2, 0.25) is 5.88 Å². The Morgan fingerprint density at radius 1 is 1.57 bits per heavy atom. The largest absolute Gasteiger partial charge is 0.474 e. The number of rotatable bonds is 6. The van der Waals surface area contributed by atoms with E-state index in [1.54, 1.807) is 6.20 Å². The Hall–Kier alpha value is -1.31. The summed E-state index contributed by atoms with van der Waals surface area (Å²) in [5.74, 6) is 1.10. The third-order valence-electron chi connectivity index (χ3n) is 3.14. The first kappa shape index (κ1) is 17.7. The van der Waals surface area contributed by atoms with Crippen LogP contribution in [0.1, 0.15) is 31.7 Å². The molecule has 116 valence electrons. The summed E-state index contributed by atoms with van der Waals surface area (Å²) in [6.07, 6.45) is 5.59. The molecule has 0 amide bonds. The van der Waals surface area contributed by atoms with Crippen LogP contribution in [-0.2, 0) is 6.54 Å². The predicted molar refractivity (Wildman–Crippen MR) is 96.1 cm³/mol. The van der Waals surface area contributed by atoms with Crippen LogP contribution in [0.25, 0.3) is 0 Å². The van der Waals surface area contributed by atoms with E-state index in [1.807, 2.05) is 19.1 Å². The van der Waals surface area contributed by atoms with Crippen molar-refractivity contribution >= 4 is 29.9 Å². The first-order chi connectivity index (χ1) is 9.63. The second-order valence-electron chi connectivity index (χ2n) is 5.19. The van der Waals surface area contributed by atoms with Crippen molar-refractivity contribution in [3.8, 4) is 5.88 Å². The van der Waals surface area contributed by atoms with Crippen LogP contribution >= 0.6 is 24.0 Å². The second kappa shape index (κ2) is 8.86. The van der Waals surface area contributed by atoms with Gasteiger partial charge in [-0.3, -0.25) is 0 Å². The minimum absolute atomic E-state index is 0. The number of pyridine rings is 1. The molecule has 0 aromatic carbocycles. The quantitative estimate of drug-likeness (QED) is 0.332. The zero-order valence-corrected chi connectivity index (χ0v) is 14.7. The van der Waals surface area contributed by atoms with Gasteiger partial charge in [-0.05, 0) is 37.8 Å². The molecular formula is C15H23IN4O. The average molecular weight is 402 g/mol. The van der Waals surface area contributed by atoms with E-state index in [1.165, 1.54) is 6.42 Å². The van der Waals surface area contributed by atoms with Gasteiger partial charge in [-0.15, -0.1) is 24.0 Å². The molecule has 1 fully saturated rings. The number of hydrogen-bond acceptors (Lipinski definition) is 3. The predicted octanol–water partition coefficient (Wildman–Crippen LogP) is 2.61. The lowest BCUT2D eigenvalue weighted by Gasteiger charge is -2.25. The molecule has 1 aromatic heterocycles. The number of halogens is 1. The molecule has 0 spiro atoms. The third-order valence-corrected chi connectivity index (χ3v) is 3.14. The number of ether oxygens (including phenoxy) is 1. The number of nitrogens with one attached hydrogen (secondary N) is 1. The molecule has 6 heteroatoms. The Kier molecular flexibility index (Phi) is 7.49. The third kappa shape index (κ3) is 6.33. The summed E-state index contributed by atoms with van der Waals surface area (Å²) in [5, 5.41) is 3.00. The van der Waals surface area contributed by atoms with E-state index in [-0.39, 0.29) is 24.0 Å². The maximum absolute atomic E-state index is 5.77. The summed E-state index contributed by atoms with van der Waals surface area (Å²) >= 11 is 0. The van der Waals surface area contributed by atoms with Crippen molar-refractivity contribution in [3.05, 3.63) is 36.0 Å². The van der Waals surface area contributed by atoms with Gasteiger partial charge in [-0.1, -0.05) is 12.2 Å². The molecule has 0 aliphatic heterocycles. The molecule has 0 saturated heterocycles. The molecule has 1 aromatic rings. The van der Waals surface area contributed by atoms with Crippen molar-refractivity contribution in [1.82, 2.24) is 10.3 Å². The molecule has 5 nitrogen and oxygen atoms in total. The Bertz CT molecular complexity index is 500. The Morgan fingerprint density at radius 3 is 2.95 bits per heavy atom. The van der Waals surface area contributed by atoms with E-state index in [0.717, 1.165) is 24.0 Å². The monoisotopic (exact) mass is 402 g/mol. The van der Waals surface area contributed by atoms with Crippen LogP contribution in [0.2, 0.25) is 0 Å². The summed E-state index contributed by atoms with van der Waals surface area (Å²) in [4.78, 5) is 8.50. The summed E-state index contributed by atoms with van der Waals surface area (Å²) < 4.78 is 5.76. The van der Waals surface area contributed by atoms with Gasteiger partial charge < -0.3 is 15.8 Å². The van der Waals surface area contributed by atoms with E-state index >= 15 is 0 Å². The van der Waals surface area contributed by atoms with Crippen LogP contribution in [0.15, 0.2) is 35.5 Å². The highest BCUT2D eigenvalue weighted by atomic mass is 127. The molecule has 0 atom stereocenters. The van der Waals surface area contributed by atoms with Crippen LogP contribution in [0.3, 0.4) is 0 Å². The maximum Gasteiger partial charge on any atom is 0.213 e. The number of aromatic nitrogens is 1. The summed E-state index contributed by atoms with van der Waals surface area (Å²) in [6.45, 7) is 6.89. The highest BCUT2D eigenvalue weighted by Crippen LogP contribution is 2.24. The summed E-state index contributed by atoms with van der Waals surface area (Å²) in [6, 6.07) is 3.84. The number of nitrogens with two attached hydrogens (primary N) is 1. The zero-order chi connectivity index (χ0) is 14.4. The number of guanidine groups is 1. The Morgan fingerprint density at radius 2 is 2.33 bits per heavy atom. The number of nitrogens with zero attached hydrogens (tertiary/aromatic N) is 2. The first-order valence-electron chi connectivity index (χ1n) is 6.93. The van der Waals surface area contributed by atoms with E-state index in [2.05, 4.69) is 21.9 Å². The molecule has 0 unspecified atom stereocenters. The lowest BCUT2D eigenvalue weighted by atomic mass is 9.96. The van der Waals surface area contributed by atoms with Crippen molar-refractivity contribution in [2.45, 2.75) is 38.8 Å². The molecule has 3 N–H and O–H groups in total. The topological polar surface area (TPSA) is 72.5 Å². The van der Waals surface area contributed by atoms with Gasteiger partial charge in [-0.2, -0.15) is 0 Å². The molecule has 21 heavy (non-hydrogen) atoms. The van der Waals surface area contributed by atoms with Crippen LogP contribution < -0.4 is 15.8 Å². The molecular weight excluding hydrogens is 379 g/mol. The molecule has 1 heterocycles. The van der Waals surface area contributed by atoms with Gasteiger partial charge in [0.1, 0.15) is 6.10 Å². The normalized spacial score (nSPS) is 14.8. The highest BCUT2D eigenvalue weighted by molar-refractivity contribution is 14.0. The van der Waals surface area contributed by atoms with Crippen LogP contribution in [0.5, 0.6) is 5.88 Å². The van der Waals surface area contributed by atoms with E-state index in [4.69, 9.17) is 10.5 Å². The second-order valence-corrected chi connectivity index (χ2v) is 5.19. The van der Waals surface area contributed by atoms with Gasteiger partial charge in [0.25, 0.3) is 0 Å². The minimum atomic E-state index is 0. The lowest BCUT2D eigenvalue weighted by molar-refractivity contribution is 0.114. The van der Waals surface area contributed by atoms with Gasteiger partial charge in [0.15, 0.2) is 5.96 Å². The summed E-state index contributed by atoms with van der Waals surface area (Å²) in [5.41, 5.74) is 7.82. The summed E-state index contributed by atoms with van der Waals surface area (Å²) in [7, 11) is 0. The fourth-order valence-corrected chi connectivity index (χ4v) is 1.75. The lowest BCUT2D eigenvalue weighted by Crippen LogP contribution is -2.32. The van der Waals surface area contributed by atoms with Crippen LogP contribution in [0, 0.1) is 0 Å². The molecule has 2 rings (SSSR count). The Balaban J connectivity index is 0.00000220. The van der Waals surface area contributed by atoms with Crippen molar-refractivity contribution in [3.63, 3.8) is 0 Å². The number of hydrogen-bond donors (Lipinski definition) is 2.